The maximum absolute atomic E-state index is 13.6. The highest BCUT2D eigenvalue weighted by atomic mass is 35.5. The minimum absolute atomic E-state index is 0.0507. The second-order valence-corrected chi connectivity index (χ2v) is 8.16. The lowest BCUT2D eigenvalue weighted by Gasteiger charge is -2.23. The molecule has 1 aromatic heterocycles. The average molecular weight is 450 g/mol. The van der Waals surface area contributed by atoms with Crippen LogP contribution in [0.15, 0.2) is 47.5 Å². The zero-order valence-corrected chi connectivity index (χ0v) is 17.6. The van der Waals surface area contributed by atoms with Gasteiger partial charge in [-0.25, -0.2) is 13.2 Å². The molecule has 3 aromatic rings. The lowest BCUT2D eigenvalue weighted by molar-refractivity contribution is 0.100. The van der Waals surface area contributed by atoms with Crippen molar-refractivity contribution in [1.82, 2.24) is 15.5 Å². The molecular formula is C21H19ClF3N5O. The Labute approximate surface area is 181 Å². The number of halogens is 4. The molecule has 10 heteroatoms. The summed E-state index contributed by atoms with van der Waals surface area (Å²) in [5, 5.41) is 13.0. The van der Waals surface area contributed by atoms with Crippen LogP contribution in [0.3, 0.4) is 0 Å². The van der Waals surface area contributed by atoms with Crippen molar-refractivity contribution < 1.29 is 18.0 Å². The Balaban J connectivity index is 1.88. The van der Waals surface area contributed by atoms with E-state index in [2.05, 4.69) is 25.8 Å². The molecule has 31 heavy (non-hydrogen) atoms. The van der Waals surface area contributed by atoms with Crippen LogP contribution in [0.2, 0.25) is 5.02 Å². The molecule has 0 aliphatic carbocycles. The van der Waals surface area contributed by atoms with Gasteiger partial charge >= 0.3 is 0 Å². The first-order chi connectivity index (χ1) is 14.5. The van der Waals surface area contributed by atoms with Gasteiger partial charge in [0.25, 0.3) is 5.91 Å². The van der Waals surface area contributed by atoms with E-state index in [4.69, 9.17) is 11.6 Å². The number of H-pyrrole nitrogens is 1. The zero-order valence-electron chi connectivity index (χ0n) is 16.9. The van der Waals surface area contributed by atoms with Gasteiger partial charge in [-0.1, -0.05) is 11.6 Å². The highest BCUT2D eigenvalue weighted by Gasteiger charge is 2.17. The van der Waals surface area contributed by atoms with Gasteiger partial charge in [-0.05, 0) is 57.2 Å². The van der Waals surface area contributed by atoms with Crippen molar-refractivity contribution in [1.29, 1.82) is 0 Å². The normalized spacial score (nSPS) is 12.0. The van der Waals surface area contributed by atoms with Gasteiger partial charge in [-0.2, -0.15) is 10.1 Å². The molecule has 0 aliphatic rings. The molecule has 2 aromatic carbocycles. The number of rotatable bonds is 3. The minimum Gasteiger partial charge on any atom is -0.351 e. The molecule has 3 N–H and O–H groups in total. The fourth-order valence-corrected chi connectivity index (χ4v) is 2.82. The van der Waals surface area contributed by atoms with Crippen LogP contribution in [-0.4, -0.2) is 27.6 Å². The average Bonchev–Trinajstić information content (AvgIpc) is 3.10. The summed E-state index contributed by atoms with van der Waals surface area (Å²) in [6.07, 6.45) is 0. The van der Waals surface area contributed by atoms with Gasteiger partial charge in [0.2, 0.25) is 5.96 Å². The molecule has 0 saturated carbocycles. The number of anilines is 1. The maximum atomic E-state index is 13.6. The Morgan fingerprint density at radius 2 is 1.81 bits per heavy atom. The molecule has 1 amide bonds. The number of carbonyl (C=O) groups is 1. The van der Waals surface area contributed by atoms with Crippen LogP contribution >= 0.6 is 11.6 Å². The van der Waals surface area contributed by atoms with E-state index in [0.29, 0.717) is 17.1 Å². The van der Waals surface area contributed by atoms with E-state index in [1.165, 1.54) is 12.1 Å². The summed E-state index contributed by atoms with van der Waals surface area (Å²) < 4.78 is 40.2. The predicted octanol–water partition coefficient (Wildman–Crippen LogP) is 5.14. The minimum atomic E-state index is -1.15. The summed E-state index contributed by atoms with van der Waals surface area (Å²) in [5.41, 5.74) is 0.257. The van der Waals surface area contributed by atoms with Crippen LogP contribution in [0.25, 0.3) is 11.3 Å². The summed E-state index contributed by atoms with van der Waals surface area (Å²) in [5.74, 6) is -3.09. The number of benzene rings is 2. The number of nitrogens with one attached hydrogen (secondary N) is 3. The van der Waals surface area contributed by atoms with Gasteiger partial charge in [0.15, 0.2) is 11.6 Å². The first-order valence-electron chi connectivity index (χ1n) is 9.15. The monoisotopic (exact) mass is 449 g/mol. The number of carbonyl (C=O) groups excluding carboxylic acids is 1. The third-order valence-electron chi connectivity index (χ3n) is 3.86. The number of nitrogens with zero attached hydrogens (tertiary/aromatic N) is 2. The van der Waals surface area contributed by atoms with Gasteiger partial charge in [0.1, 0.15) is 11.6 Å². The van der Waals surface area contributed by atoms with Crippen molar-refractivity contribution in [2.45, 2.75) is 26.3 Å². The standard InChI is InChI=1S/C21H19ClF3N5O/c1-21(2,3)28-20(27-19(31)11-4-5-15(24)16(25)8-11)26-18-10-17(29-30-18)12-6-13(22)9-14(23)7-12/h4-10H,1-3H3,(H3,26,27,28,29,30,31). The Hall–Kier alpha value is -3.33. The molecule has 0 aliphatic heterocycles. The summed E-state index contributed by atoms with van der Waals surface area (Å²) in [7, 11) is 0. The molecule has 1 heterocycles. The first kappa shape index (κ1) is 22.4. The fourth-order valence-electron chi connectivity index (χ4n) is 2.60. The largest absolute Gasteiger partial charge is 0.351 e. The van der Waals surface area contributed by atoms with E-state index in [-0.39, 0.29) is 16.5 Å². The molecular weight excluding hydrogens is 431 g/mol. The molecule has 0 unspecified atom stereocenters. The highest BCUT2D eigenvalue weighted by Crippen LogP contribution is 2.24. The van der Waals surface area contributed by atoms with Gasteiger partial charge in [0.05, 0.1) is 5.69 Å². The molecule has 0 bridgehead atoms. The van der Waals surface area contributed by atoms with Crippen LogP contribution in [0.4, 0.5) is 19.0 Å². The summed E-state index contributed by atoms with van der Waals surface area (Å²) in [4.78, 5) is 16.4. The second kappa shape index (κ2) is 8.81. The van der Waals surface area contributed by atoms with Crippen molar-refractivity contribution in [3.8, 4) is 11.3 Å². The smallest absolute Gasteiger partial charge is 0.280 e. The van der Waals surface area contributed by atoms with Crippen LogP contribution in [0.5, 0.6) is 0 Å². The highest BCUT2D eigenvalue weighted by molar-refractivity contribution is 6.30. The quantitative estimate of drug-likeness (QED) is 0.382. The van der Waals surface area contributed by atoms with E-state index in [1.807, 2.05) is 20.8 Å². The zero-order chi connectivity index (χ0) is 22.8. The van der Waals surface area contributed by atoms with Gasteiger partial charge in [0, 0.05) is 27.8 Å². The summed E-state index contributed by atoms with van der Waals surface area (Å²) in [6, 6.07) is 8.36. The van der Waals surface area contributed by atoms with Crippen molar-refractivity contribution in [2.75, 3.05) is 5.32 Å². The van der Waals surface area contributed by atoms with Gasteiger partial charge in [-0.15, -0.1) is 0 Å². The molecule has 6 nitrogen and oxygen atoms in total. The van der Waals surface area contributed by atoms with Crippen LogP contribution in [0, 0.1) is 17.5 Å². The van der Waals surface area contributed by atoms with Crippen molar-refractivity contribution in [3.05, 3.63) is 70.5 Å². The molecule has 3 rings (SSSR count). The lowest BCUT2D eigenvalue weighted by atomic mass is 10.1. The van der Waals surface area contributed by atoms with E-state index >= 15 is 0 Å². The Morgan fingerprint density at radius 1 is 1.06 bits per heavy atom. The fraction of sp³-hybridized carbons (Fsp3) is 0.190. The molecule has 0 spiro atoms. The number of guanidine groups is 1. The van der Waals surface area contributed by atoms with Crippen LogP contribution in [-0.2, 0) is 0 Å². The molecule has 0 fully saturated rings. The van der Waals surface area contributed by atoms with Crippen LogP contribution in [0.1, 0.15) is 31.1 Å². The Morgan fingerprint density at radius 3 is 2.45 bits per heavy atom. The third-order valence-corrected chi connectivity index (χ3v) is 4.08. The molecule has 162 valence electrons. The predicted molar refractivity (Wildman–Crippen MR) is 114 cm³/mol. The number of hydrogen-bond acceptors (Lipinski definition) is 2. The molecule has 0 saturated heterocycles. The van der Waals surface area contributed by atoms with Gasteiger partial charge < -0.3 is 10.6 Å². The number of aromatic nitrogens is 2. The number of amides is 1. The molecule has 0 atom stereocenters. The Kier molecular flexibility index (Phi) is 6.35. The Bertz CT molecular complexity index is 1130. The first-order valence-corrected chi connectivity index (χ1v) is 9.53. The molecule has 0 radical (unpaired) electrons. The van der Waals surface area contributed by atoms with E-state index < -0.39 is 28.9 Å². The van der Waals surface area contributed by atoms with E-state index in [1.54, 1.807) is 12.1 Å². The summed E-state index contributed by atoms with van der Waals surface area (Å²) in [6.45, 7) is 5.54. The van der Waals surface area contributed by atoms with Crippen molar-refractivity contribution in [3.63, 3.8) is 0 Å². The van der Waals surface area contributed by atoms with E-state index in [9.17, 15) is 18.0 Å². The van der Waals surface area contributed by atoms with E-state index in [0.717, 1.165) is 18.2 Å². The maximum Gasteiger partial charge on any atom is 0.280 e. The number of aromatic amines is 1. The SMILES string of the molecule is CC(C)(C)N/C(=N/C(=O)c1ccc(F)c(F)c1)Nc1cc(-c2cc(F)cc(Cl)c2)n[nH]1. The number of aliphatic imine (C=N–C) groups is 1. The van der Waals surface area contributed by atoms with Crippen LogP contribution < -0.4 is 10.6 Å². The van der Waals surface area contributed by atoms with Gasteiger partial charge in [-0.3, -0.25) is 9.89 Å². The lowest BCUT2D eigenvalue weighted by Crippen LogP contribution is -2.44. The third kappa shape index (κ3) is 6.08. The summed E-state index contributed by atoms with van der Waals surface area (Å²) >= 11 is 5.89. The van der Waals surface area contributed by atoms with Crippen molar-refractivity contribution in [2.24, 2.45) is 4.99 Å². The second-order valence-electron chi connectivity index (χ2n) is 7.72. The number of hydrogen-bond donors (Lipinski definition) is 3. The van der Waals surface area contributed by atoms with Crippen molar-refractivity contribution >= 4 is 29.3 Å². The topological polar surface area (TPSA) is 82.2 Å².